The smallest absolute Gasteiger partial charge is 0.302 e. The lowest BCUT2D eigenvalue weighted by Gasteiger charge is -2.41. The minimum atomic E-state index is -0.120. The van der Waals surface area contributed by atoms with E-state index in [4.69, 9.17) is 4.74 Å². The van der Waals surface area contributed by atoms with E-state index in [1.807, 2.05) is 0 Å². The topological polar surface area (TPSA) is 26.3 Å². The first-order valence-electron chi connectivity index (χ1n) is 7.60. The van der Waals surface area contributed by atoms with Gasteiger partial charge in [0.25, 0.3) is 0 Å². The number of allylic oxidation sites excluding steroid dienone is 2. The molecule has 2 fully saturated rings. The van der Waals surface area contributed by atoms with Crippen molar-refractivity contribution in [1.82, 2.24) is 0 Å². The number of ether oxygens (including phenoxy) is 1. The van der Waals surface area contributed by atoms with Crippen LogP contribution in [-0.4, -0.2) is 12.1 Å². The summed E-state index contributed by atoms with van der Waals surface area (Å²) in [6.45, 7) is 10.6. The maximum atomic E-state index is 11.3. The molecule has 0 N–H and O–H groups in total. The molecule has 0 spiro atoms. The Hall–Kier alpha value is -0.790. The molecule has 2 heteroatoms. The Morgan fingerprint density at radius 3 is 2.58 bits per heavy atom. The molecule has 0 aromatic carbocycles. The highest BCUT2D eigenvalue weighted by molar-refractivity contribution is 5.66. The van der Waals surface area contributed by atoms with E-state index in [-0.39, 0.29) is 17.5 Å². The minimum Gasteiger partial charge on any atom is -0.462 e. The molecule has 2 bridgehead atoms. The highest BCUT2D eigenvalue weighted by Gasteiger charge is 2.64. The van der Waals surface area contributed by atoms with Crippen molar-refractivity contribution in [3.8, 4) is 0 Å². The van der Waals surface area contributed by atoms with Crippen molar-refractivity contribution in [2.24, 2.45) is 16.7 Å². The van der Waals surface area contributed by atoms with Crippen molar-refractivity contribution in [2.75, 3.05) is 0 Å². The lowest BCUT2D eigenvalue weighted by Crippen LogP contribution is -2.39. The number of carbonyl (C=O) groups is 1. The number of esters is 1. The summed E-state index contributed by atoms with van der Waals surface area (Å²) in [6.07, 6.45) is 8.43. The molecule has 2 aliphatic rings. The Morgan fingerprint density at radius 2 is 2.00 bits per heavy atom. The van der Waals surface area contributed by atoms with Crippen LogP contribution < -0.4 is 0 Å². The van der Waals surface area contributed by atoms with Crippen LogP contribution in [0.3, 0.4) is 0 Å². The summed E-state index contributed by atoms with van der Waals surface area (Å²) in [5, 5.41) is 0. The van der Waals surface area contributed by atoms with Gasteiger partial charge >= 0.3 is 5.97 Å². The number of hydrogen-bond acceptors (Lipinski definition) is 2. The number of rotatable bonds is 4. The monoisotopic (exact) mass is 264 g/mol. The van der Waals surface area contributed by atoms with E-state index in [1.54, 1.807) is 0 Å². The van der Waals surface area contributed by atoms with E-state index in [0.717, 1.165) is 18.8 Å². The quantitative estimate of drug-likeness (QED) is 0.552. The van der Waals surface area contributed by atoms with Crippen molar-refractivity contribution >= 4 is 5.97 Å². The summed E-state index contributed by atoms with van der Waals surface area (Å²) in [4.78, 5) is 11.3. The van der Waals surface area contributed by atoms with E-state index in [0.29, 0.717) is 5.41 Å². The molecule has 2 nitrogen and oxygen atoms in total. The van der Waals surface area contributed by atoms with Crippen LogP contribution in [0.1, 0.15) is 66.7 Å². The van der Waals surface area contributed by atoms with E-state index in [9.17, 15) is 4.79 Å². The summed E-state index contributed by atoms with van der Waals surface area (Å²) in [6, 6.07) is 0. The van der Waals surface area contributed by atoms with Crippen molar-refractivity contribution in [1.29, 1.82) is 0 Å². The van der Waals surface area contributed by atoms with E-state index in [2.05, 4.69) is 33.8 Å². The lowest BCUT2D eigenvalue weighted by atomic mass is 9.66. The summed E-state index contributed by atoms with van der Waals surface area (Å²) < 4.78 is 5.62. The first-order chi connectivity index (χ1) is 8.79. The lowest BCUT2D eigenvalue weighted by molar-refractivity contribution is -0.154. The van der Waals surface area contributed by atoms with Crippen molar-refractivity contribution < 1.29 is 9.53 Å². The van der Waals surface area contributed by atoms with Crippen LogP contribution in [0.5, 0.6) is 0 Å². The average Bonchev–Trinajstić information content (AvgIpc) is 2.63. The van der Waals surface area contributed by atoms with Crippen LogP contribution in [0.2, 0.25) is 0 Å². The van der Waals surface area contributed by atoms with Crippen LogP contribution in [0.15, 0.2) is 11.6 Å². The third-order valence-electron chi connectivity index (χ3n) is 5.95. The highest BCUT2D eigenvalue weighted by Crippen LogP contribution is 2.68. The van der Waals surface area contributed by atoms with Gasteiger partial charge in [0.05, 0.1) is 0 Å². The molecule has 0 aromatic rings. The standard InChI is InChI=1S/C17H28O2/c1-12(2)7-6-9-16(4)14-8-10-17(16,5)15(11-14)19-13(3)18/h7,14-15H,6,8-11H2,1-5H3/t14-,15+,16+,17+/m1/s1. The van der Waals surface area contributed by atoms with Gasteiger partial charge in [-0.15, -0.1) is 0 Å². The van der Waals surface area contributed by atoms with E-state index >= 15 is 0 Å². The predicted octanol–water partition coefficient (Wildman–Crippen LogP) is 4.49. The van der Waals surface area contributed by atoms with Gasteiger partial charge in [-0.3, -0.25) is 4.79 Å². The predicted molar refractivity (Wildman–Crippen MR) is 77.8 cm³/mol. The molecule has 108 valence electrons. The maximum Gasteiger partial charge on any atom is 0.302 e. The van der Waals surface area contributed by atoms with Crippen molar-refractivity contribution in [3.05, 3.63) is 11.6 Å². The van der Waals surface area contributed by atoms with Gasteiger partial charge in [0.2, 0.25) is 0 Å². The first-order valence-corrected chi connectivity index (χ1v) is 7.60. The van der Waals surface area contributed by atoms with Crippen LogP contribution >= 0.6 is 0 Å². The van der Waals surface area contributed by atoms with E-state index in [1.165, 1.54) is 31.8 Å². The molecule has 0 aliphatic heterocycles. The Bertz CT molecular complexity index is 394. The molecule has 4 atom stereocenters. The fourth-order valence-electron chi connectivity index (χ4n) is 4.50. The number of fused-ring (bicyclic) bond motifs is 2. The number of hydrogen-bond donors (Lipinski definition) is 0. The molecule has 19 heavy (non-hydrogen) atoms. The van der Waals surface area contributed by atoms with Crippen LogP contribution in [0.4, 0.5) is 0 Å². The second-order valence-corrected chi connectivity index (χ2v) is 7.22. The molecular weight excluding hydrogens is 236 g/mol. The zero-order chi connectivity index (χ0) is 14.3. The molecule has 0 unspecified atom stereocenters. The summed E-state index contributed by atoms with van der Waals surface area (Å²) in [7, 11) is 0. The summed E-state index contributed by atoms with van der Waals surface area (Å²) in [5.74, 6) is 0.609. The second kappa shape index (κ2) is 4.96. The molecule has 0 radical (unpaired) electrons. The second-order valence-electron chi connectivity index (χ2n) is 7.22. The van der Waals surface area contributed by atoms with Gasteiger partial charge in [0, 0.05) is 12.3 Å². The molecular formula is C17H28O2. The fraction of sp³-hybridized carbons (Fsp3) is 0.824. The van der Waals surface area contributed by atoms with Gasteiger partial charge < -0.3 is 4.74 Å². The zero-order valence-corrected chi connectivity index (χ0v) is 13.1. The molecule has 0 aromatic heterocycles. The van der Waals surface area contributed by atoms with Gasteiger partial charge in [-0.25, -0.2) is 0 Å². The van der Waals surface area contributed by atoms with Crippen LogP contribution in [-0.2, 0) is 9.53 Å². The molecule has 0 saturated heterocycles. The van der Waals surface area contributed by atoms with Gasteiger partial charge in [-0.2, -0.15) is 0 Å². The Balaban J connectivity index is 2.13. The minimum absolute atomic E-state index is 0.120. The van der Waals surface area contributed by atoms with Crippen molar-refractivity contribution in [3.63, 3.8) is 0 Å². The summed E-state index contributed by atoms with van der Waals surface area (Å²) >= 11 is 0. The van der Waals surface area contributed by atoms with Gasteiger partial charge in [0.15, 0.2) is 0 Å². The molecule has 2 aliphatic carbocycles. The fourth-order valence-corrected chi connectivity index (χ4v) is 4.50. The van der Waals surface area contributed by atoms with Gasteiger partial charge in [-0.1, -0.05) is 25.5 Å². The molecule has 2 saturated carbocycles. The van der Waals surface area contributed by atoms with Crippen LogP contribution in [0, 0.1) is 16.7 Å². The van der Waals surface area contributed by atoms with Crippen LogP contribution in [0.25, 0.3) is 0 Å². The number of carbonyl (C=O) groups excluding carboxylic acids is 1. The highest BCUT2D eigenvalue weighted by atomic mass is 16.5. The average molecular weight is 264 g/mol. The zero-order valence-electron chi connectivity index (χ0n) is 13.1. The largest absolute Gasteiger partial charge is 0.462 e. The first kappa shape index (κ1) is 14.6. The maximum absolute atomic E-state index is 11.3. The third-order valence-corrected chi connectivity index (χ3v) is 5.95. The molecule has 0 heterocycles. The van der Waals surface area contributed by atoms with Gasteiger partial charge in [-0.05, 0) is 57.3 Å². The third kappa shape index (κ3) is 2.34. The Labute approximate surface area is 117 Å². The van der Waals surface area contributed by atoms with Crippen molar-refractivity contribution in [2.45, 2.75) is 72.8 Å². The SMILES string of the molecule is CC(=O)O[C@H]1C[C@H]2CC[C@]1(C)[C@@]2(C)CCC=C(C)C. The normalized spacial score (nSPS) is 40.3. The summed E-state index contributed by atoms with van der Waals surface area (Å²) in [5.41, 5.74) is 1.91. The molecule has 0 amide bonds. The van der Waals surface area contributed by atoms with E-state index < -0.39 is 0 Å². The Morgan fingerprint density at radius 1 is 1.32 bits per heavy atom. The molecule has 2 rings (SSSR count). The Kier molecular flexibility index (Phi) is 3.81. The van der Waals surface area contributed by atoms with Gasteiger partial charge in [0.1, 0.15) is 6.10 Å².